The number of nitrogens with one attached hydrogen (secondary N) is 3. The Morgan fingerprint density at radius 3 is 1.55 bits per heavy atom. The average molecular weight is 832 g/mol. The monoisotopic (exact) mass is 831 g/mol. The van der Waals surface area contributed by atoms with Crippen LogP contribution in [-0.2, 0) is 22.6 Å². The first-order valence-electron chi connectivity index (χ1n) is 19.4. The summed E-state index contributed by atoms with van der Waals surface area (Å²) in [6, 6.07) is 29.3. The normalized spacial score (nSPS) is 10.7. The lowest BCUT2D eigenvalue weighted by atomic mass is 9.99. The predicted octanol–water partition coefficient (Wildman–Crippen LogP) is 5.81. The Morgan fingerprint density at radius 2 is 1.06 bits per heavy atom. The molecule has 4 heterocycles. The van der Waals surface area contributed by atoms with Crippen LogP contribution in [0.2, 0.25) is 0 Å². The maximum atomic E-state index is 13.2. The first kappa shape index (κ1) is 42.0. The summed E-state index contributed by atoms with van der Waals surface area (Å²) in [6.45, 7) is 2.08. The van der Waals surface area contributed by atoms with Crippen LogP contribution >= 0.6 is 0 Å². The van der Waals surface area contributed by atoms with Crippen molar-refractivity contribution in [1.29, 1.82) is 0 Å². The Bertz CT molecular complexity index is 2830. The fraction of sp³-hybridized carbons (Fsp3) is 0.156. The summed E-state index contributed by atoms with van der Waals surface area (Å²) < 4.78 is 13.2. The Kier molecular flexibility index (Phi) is 13.7. The van der Waals surface area contributed by atoms with Crippen molar-refractivity contribution in [2.24, 2.45) is 0 Å². The van der Waals surface area contributed by atoms with Gasteiger partial charge >= 0.3 is 5.97 Å². The molecule has 3 N–H and O–H groups in total. The standard InChI is InChI=1S/C24H24N6O3.C21H17N5O3/c1-33-15-5-12-26-24(32)22-21(8-4-11-25-22)28-23(31)20-10-9-17(16-30-14-13-27-29-30)18-6-2-3-7-19(18)20;1-29-21(28)19-18(7-4-10-22-19)24-20(27)17-9-8-14(13-26-12-11-23-25-26)15-5-2-3-6-16(15)17/h2-4,6-11,13-14H,5,12,15-16H2,1H3,(H,26,32)(H,28,31);2-12H,13H2,1H3,(H,24,27). The number of fused-ring (bicyclic) bond motifs is 2. The SMILES string of the molecule is COC(=O)c1ncccc1NC(=O)c1ccc(Cn2ccnn2)c2ccccc12.COCCCNC(=O)c1ncccc1NC(=O)c1ccc(Cn2ccnn2)c2ccccc12. The minimum Gasteiger partial charge on any atom is -0.464 e. The van der Waals surface area contributed by atoms with Gasteiger partial charge in [0, 0.05) is 56.2 Å². The van der Waals surface area contributed by atoms with E-state index in [2.05, 4.69) is 46.5 Å². The van der Waals surface area contributed by atoms with Gasteiger partial charge in [-0.15, -0.1) is 10.2 Å². The zero-order valence-electron chi connectivity index (χ0n) is 33.8. The van der Waals surface area contributed by atoms with Gasteiger partial charge in [-0.05, 0) is 75.5 Å². The van der Waals surface area contributed by atoms with Crippen LogP contribution in [0.3, 0.4) is 0 Å². The molecule has 0 aliphatic carbocycles. The lowest BCUT2D eigenvalue weighted by Gasteiger charge is -2.13. The van der Waals surface area contributed by atoms with E-state index < -0.39 is 5.97 Å². The van der Waals surface area contributed by atoms with Crippen LogP contribution in [0.4, 0.5) is 11.4 Å². The Hall–Kier alpha value is -8.18. The van der Waals surface area contributed by atoms with Gasteiger partial charge in [0.15, 0.2) is 11.4 Å². The van der Waals surface area contributed by atoms with Crippen molar-refractivity contribution in [3.63, 3.8) is 0 Å². The van der Waals surface area contributed by atoms with Crippen LogP contribution in [0.5, 0.6) is 0 Å². The summed E-state index contributed by atoms with van der Waals surface area (Å²) in [5, 5.41) is 27.6. The maximum Gasteiger partial charge on any atom is 0.358 e. The molecule has 0 saturated carbocycles. The highest BCUT2D eigenvalue weighted by molar-refractivity contribution is 6.16. The summed E-state index contributed by atoms with van der Waals surface area (Å²) in [4.78, 5) is 58.9. The number of methoxy groups -OCH3 is 2. The van der Waals surface area contributed by atoms with Crippen LogP contribution < -0.4 is 16.0 Å². The third-order valence-corrected chi connectivity index (χ3v) is 9.64. The molecule has 3 amide bonds. The number of amides is 3. The molecule has 312 valence electrons. The first-order chi connectivity index (χ1) is 30.3. The number of rotatable bonds is 14. The number of benzene rings is 4. The third kappa shape index (κ3) is 9.98. The number of hydrogen-bond acceptors (Lipinski definition) is 12. The van der Waals surface area contributed by atoms with E-state index in [0.29, 0.717) is 55.2 Å². The Balaban J connectivity index is 0.000000188. The number of pyridine rings is 2. The van der Waals surface area contributed by atoms with Crippen LogP contribution in [0.1, 0.15) is 59.2 Å². The molecule has 0 fully saturated rings. The number of ether oxygens (including phenoxy) is 2. The smallest absolute Gasteiger partial charge is 0.358 e. The summed E-state index contributed by atoms with van der Waals surface area (Å²) in [5.41, 5.74) is 3.88. The second-order valence-electron chi connectivity index (χ2n) is 13.6. The van der Waals surface area contributed by atoms with Crippen molar-refractivity contribution in [3.05, 3.63) is 168 Å². The highest BCUT2D eigenvalue weighted by atomic mass is 16.5. The van der Waals surface area contributed by atoms with Gasteiger partial charge in [-0.2, -0.15) is 0 Å². The molecule has 17 nitrogen and oxygen atoms in total. The van der Waals surface area contributed by atoms with Gasteiger partial charge in [0.25, 0.3) is 17.7 Å². The molecule has 8 aromatic rings. The fourth-order valence-electron chi connectivity index (χ4n) is 6.71. The van der Waals surface area contributed by atoms with Crippen LogP contribution in [-0.4, -0.2) is 91.0 Å². The fourth-order valence-corrected chi connectivity index (χ4v) is 6.71. The van der Waals surface area contributed by atoms with E-state index >= 15 is 0 Å². The number of aromatic nitrogens is 8. The Morgan fingerprint density at radius 1 is 0.565 bits per heavy atom. The maximum absolute atomic E-state index is 13.2. The number of esters is 1. The Labute approximate surface area is 355 Å². The van der Waals surface area contributed by atoms with Crippen LogP contribution in [0, 0.1) is 0 Å². The van der Waals surface area contributed by atoms with Gasteiger partial charge < -0.3 is 25.4 Å². The van der Waals surface area contributed by atoms with Crippen molar-refractivity contribution in [2.45, 2.75) is 19.5 Å². The van der Waals surface area contributed by atoms with Crippen molar-refractivity contribution in [2.75, 3.05) is 38.0 Å². The molecule has 0 bridgehead atoms. The van der Waals surface area contributed by atoms with Gasteiger partial charge in [-0.1, -0.05) is 71.1 Å². The minimum atomic E-state index is -0.617. The zero-order chi connectivity index (χ0) is 43.3. The largest absolute Gasteiger partial charge is 0.464 e. The molecule has 0 aliphatic heterocycles. The number of carbonyl (C=O) groups is 4. The zero-order valence-corrected chi connectivity index (χ0v) is 33.8. The van der Waals surface area contributed by atoms with E-state index in [1.807, 2.05) is 60.7 Å². The molecule has 0 aliphatic rings. The molecule has 0 radical (unpaired) electrons. The topological polar surface area (TPSA) is 210 Å². The van der Waals surface area contributed by atoms with Gasteiger partial charge in [-0.25, -0.2) is 24.1 Å². The molecule has 4 aromatic heterocycles. The van der Waals surface area contributed by atoms with E-state index in [-0.39, 0.29) is 29.1 Å². The first-order valence-corrected chi connectivity index (χ1v) is 19.4. The third-order valence-electron chi connectivity index (χ3n) is 9.64. The van der Waals surface area contributed by atoms with Gasteiger partial charge in [0.2, 0.25) is 0 Å². The molecular weight excluding hydrogens is 791 g/mol. The number of hydrogen-bond donors (Lipinski definition) is 3. The summed E-state index contributed by atoms with van der Waals surface area (Å²) in [7, 11) is 2.88. The average Bonchev–Trinajstić information content (AvgIpc) is 4.03. The lowest BCUT2D eigenvalue weighted by molar-refractivity contribution is 0.0595. The molecular formula is C45H41N11O6. The number of anilines is 2. The van der Waals surface area contributed by atoms with Gasteiger partial charge in [0.05, 0.1) is 44.0 Å². The van der Waals surface area contributed by atoms with Crippen LogP contribution in [0.25, 0.3) is 21.5 Å². The lowest BCUT2D eigenvalue weighted by Crippen LogP contribution is -2.27. The van der Waals surface area contributed by atoms with Crippen molar-refractivity contribution < 1.29 is 28.7 Å². The van der Waals surface area contributed by atoms with Gasteiger partial charge in [-0.3, -0.25) is 14.4 Å². The molecule has 62 heavy (non-hydrogen) atoms. The molecule has 0 spiro atoms. The second kappa shape index (κ2) is 20.2. The summed E-state index contributed by atoms with van der Waals surface area (Å²) in [6.07, 6.45) is 10.5. The van der Waals surface area contributed by atoms with E-state index in [1.54, 1.807) is 77.7 Å². The summed E-state index contributed by atoms with van der Waals surface area (Å²) >= 11 is 0. The second-order valence-corrected chi connectivity index (χ2v) is 13.6. The molecule has 0 atom stereocenters. The summed E-state index contributed by atoms with van der Waals surface area (Å²) in [5.74, 6) is -1.63. The van der Waals surface area contributed by atoms with E-state index in [1.165, 1.54) is 19.5 Å². The number of carbonyl (C=O) groups excluding carboxylic acids is 4. The predicted molar refractivity (Wildman–Crippen MR) is 231 cm³/mol. The quantitative estimate of drug-likeness (QED) is 0.0877. The van der Waals surface area contributed by atoms with Crippen molar-refractivity contribution >= 4 is 56.6 Å². The van der Waals surface area contributed by atoms with Gasteiger partial charge in [0.1, 0.15) is 0 Å². The number of nitrogens with zero attached hydrogens (tertiary/aromatic N) is 8. The highest BCUT2D eigenvalue weighted by Gasteiger charge is 2.20. The van der Waals surface area contributed by atoms with Crippen LogP contribution in [0.15, 0.2) is 134 Å². The molecule has 0 unspecified atom stereocenters. The molecule has 0 saturated heterocycles. The van der Waals surface area contributed by atoms with Crippen molar-refractivity contribution in [1.82, 2.24) is 45.3 Å². The molecule has 8 rings (SSSR count). The van der Waals surface area contributed by atoms with E-state index in [4.69, 9.17) is 9.47 Å². The minimum absolute atomic E-state index is 0.0513. The molecule has 17 heteroatoms. The van der Waals surface area contributed by atoms with Crippen molar-refractivity contribution in [3.8, 4) is 0 Å². The van der Waals surface area contributed by atoms with E-state index in [0.717, 1.165) is 32.7 Å². The molecule has 4 aromatic carbocycles. The highest BCUT2D eigenvalue weighted by Crippen LogP contribution is 2.27. The van der Waals surface area contributed by atoms with E-state index in [9.17, 15) is 19.2 Å².